The van der Waals surface area contributed by atoms with Crippen molar-refractivity contribution >= 4 is 0 Å². The van der Waals surface area contributed by atoms with Crippen molar-refractivity contribution in [3.8, 4) is 0 Å². The van der Waals surface area contributed by atoms with E-state index in [0.717, 1.165) is 23.5 Å². The predicted molar refractivity (Wildman–Crippen MR) is 60.8 cm³/mol. The van der Waals surface area contributed by atoms with Crippen molar-refractivity contribution in [2.45, 2.75) is 46.1 Å². The molecule has 0 radical (unpaired) electrons. The SMILES string of the molecule is CCc1nc(C(C)(C)C)ncc1COC. The average molecular weight is 208 g/mol. The highest BCUT2D eigenvalue weighted by Crippen LogP contribution is 2.19. The first-order chi connectivity index (χ1) is 6.99. The fourth-order valence-electron chi connectivity index (χ4n) is 1.39. The largest absolute Gasteiger partial charge is 0.380 e. The third-order valence-electron chi connectivity index (χ3n) is 2.26. The molecular formula is C12H20N2O. The lowest BCUT2D eigenvalue weighted by Crippen LogP contribution is -2.18. The van der Waals surface area contributed by atoms with E-state index < -0.39 is 0 Å². The van der Waals surface area contributed by atoms with Crippen LogP contribution in [0.5, 0.6) is 0 Å². The van der Waals surface area contributed by atoms with Gasteiger partial charge in [-0.2, -0.15) is 0 Å². The van der Waals surface area contributed by atoms with Gasteiger partial charge in [-0.25, -0.2) is 9.97 Å². The molecule has 84 valence electrons. The average Bonchev–Trinajstić information content (AvgIpc) is 2.17. The van der Waals surface area contributed by atoms with Crippen LogP contribution in [0.3, 0.4) is 0 Å². The van der Waals surface area contributed by atoms with E-state index in [4.69, 9.17) is 4.74 Å². The van der Waals surface area contributed by atoms with Crippen molar-refractivity contribution in [3.63, 3.8) is 0 Å². The number of rotatable bonds is 3. The van der Waals surface area contributed by atoms with Crippen LogP contribution in [0.4, 0.5) is 0 Å². The quantitative estimate of drug-likeness (QED) is 0.765. The van der Waals surface area contributed by atoms with Crippen LogP contribution in [0.2, 0.25) is 0 Å². The summed E-state index contributed by atoms with van der Waals surface area (Å²) in [6.07, 6.45) is 2.81. The van der Waals surface area contributed by atoms with Crippen LogP contribution in [-0.4, -0.2) is 17.1 Å². The number of nitrogens with zero attached hydrogens (tertiary/aromatic N) is 2. The van der Waals surface area contributed by atoms with E-state index in [1.165, 1.54) is 0 Å². The summed E-state index contributed by atoms with van der Waals surface area (Å²) < 4.78 is 5.12. The zero-order valence-corrected chi connectivity index (χ0v) is 10.3. The molecule has 1 aromatic rings. The molecular weight excluding hydrogens is 188 g/mol. The first kappa shape index (κ1) is 12.1. The summed E-state index contributed by atoms with van der Waals surface area (Å²) in [5, 5.41) is 0. The van der Waals surface area contributed by atoms with Gasteiger partial charge in [0.1, 0.15) is 5.82 Å². The third kappa shape index (κ3) is 2.99. The Labute approximate surface area is 91.9 Å². The van der Waals surface area contributed by atoms with Crippen molar-refractivity contribution in [1.82, 2.24) is 9.97 Å². The van der Waals surface area contributed by atoms with Crippen LogP contribution in [0.15, 0.2) is 6.20 Å². The Morgan fingerprint density at radius 3 is 2.47 bits per heavy atom. The van der Waals surface area contributed by atoms with Crippen LogP contribution >= 0.6 is 0 Å². The number of aryl methyl sites for hydroxylation is 1. The Morgan fingerprint density at radius 2 is 2.00 bits per heavy atom. The van der Waals surface area contributed by atoms with E-state index in [9.17, 15) is 0 Å². The summed E-state index contributed by atoms with van der Waals surface area (Å²) in [5.41, 5.74) is 2.19. The number of ether oxygens (including phenoxy) is 1. The molecule has 0 aliphatic carbocycles. The smallest absolute Gasteiger partial charge is 0.133 e. The maximum absolute atomic E-state index is 5.12. The summed E-state index contributed by atoms with van der Waals surface area (Å²) in [6, 6.07) is 0. The van der Waals surface area contributed by atoms with Gasteiger partial charge < -0.3 is 4.74 Å². The monoisotopic (exact) mass is 208 g/mol. The van der Waals surface area contributed by atoms with Crippen molar-refractivity contribution in [3.05, 3.63) is 23.3 Å². The number of hydrogen-bond donors (Lipinski definition) is 0. The van der Waals surface area contributed by atoms with Gasteiger partial charge in [-0.3, -0.25) is 0 Å². The van der Waals surface area contributed by atoms with Crippen LogP contribution in [0.1, 0.15) is 44.8 Å². The molecule has 0 bridgehead atoms. The second-order valence-electron chi connectivity index (χ2n) is 4.70. The first-order valence-electron chi connectivity index (χ1n) is 5.33. The fraction of sp³-hybridized carbons (Fsp3) is 0.667. The lowest BCUT2D eigenvalue weighted by Gasteiger charge is -2.18. The van der Waals surface area contributed by atoms with Crippen LogP contribution in [0, 0.1) is 0 Å². The molecule has 3 heteroatoms. The molecule has 0 aromatic carbocycles. The molecule has 3 nitrogen and oxygen atoms in total. The Bertz CT molecular complexity index is 329. The summed E-state index contributed by atoms with van der Waals surface area (Å²) in [7, 11) is 1.69. The summed E-state index contributed by atoms with van der Waals surface area (Å²) >= 11 is 0. The maximum atomic E-state index is 5.12. The lowest BCUT2D eigenvalue weighted by atomic mass is 9.95. The Balaban J connectivity index is 3.08. The normalized spacial score (nSPS) is 11.8. The van der Waals surface area contributed by atoms with Crippen LogP contribution < -0.4 is 0 Å². The van der Waals surface area contributed by atoms with E-state index in [1.807, 2.05) is 6.20 Å². The number of hydrogen-bond acceptors (Lipinski definition) is 3. The topological polar surface area (TPSA) is 35.0 Å². The minimum absolute atomic E-state index is 0.00945. The molecule has 0 atom stereocenters. The van der Waals surface area contributed by atoms with Crippen molar-refractivity contribution in [1.29, 1.82) is 0 Å². The van der Waals surface area contributed by atoms with E-state index in [1.54, 1.807) is 7.11 Å². The molecule has 0 saturated heterocycles. The van der Waals surface area contributed by atoms with Crippen LogP contribution in [-0.2, 0) is 23.2 Å². The summed E-state index contributed by atoms with van der Waals surface area (Å²) in [4.78, 5) is 8.98. The number of aromatic nitrogens is 2. The van der Waals surface area contributed by atoms with E-state index in [2.05, 4.69) is 37.7 Å². The molecule has 1 heterocycles. The molecule has 0 unspecified atom stereocenters. The Kier molecular flexibility index (Phi) is 3.80. The molecule has 0 spiro atoms. The molecule has 0 amide bonds. The van der Waals surface area contributed by atoms with Gasteiger partial charge in [0.15, 0.2) is 0 Å². The van der Waals surface area contributed by atoms with Gasteiger partial charge in [-0.05, 0) is 6.42 Å². The van der Waals surface area contributed by atoms with Gasteiger partial charge in [0, 0.05) is 30.0 Å². The van der Waals surface area contributed by atoms with Crippen molar-refractivity contribution in [2.24, 2.45) is 0 Å². The lowest BCUT2D eigenvalue weighted by molar-refractivity contribution is 0.183. The third-order valence-corrected chi connectivity index (χ3v) is 2.26. The van der Waals surface area contributed by atoms with Crippen molar-refractivity contribution < 1.29 is 4.74 Å². The maximum Gasteiger partial charge on any atom is 0.133 e. The highest BCUT2D eigenvalue weighted by molar-refractivity contribution is 5.19. The van der Waals surface area contributed by atoms with Gasteiger partial charge in [0.05, 0.1) is 6.61 Å². The molecule has 1 aromatic heterocycles. The zero-order valence-electron chi connectivity index (χ0n) is 10.3. The van der Waals surface area contributed by atoms with E-state index in [0.29, 0.717) is 6.61 Å². The van der Waals surface area contributed by atoms with Gasteiger partial charge in [-0.1, -0.05) is 27.7 Å². The van der Waals surface area contributed by atoms with Crippen LogP contribution in [0.25, 0.3) is 0 Å². The second-order valence-corrected chi connectivity index (χ2v) is 4.70. The molecule has 0 aliphatic heterocycles. The predicted octanol–water partition coefficient (Wildman–Crippen LogP) is 2.48. The molecule has 0 aliphatic rings. The van der Waals surface area contributed by atoms with E-state index >= 15 is 0 Å². The first-order valence-corrected chi connectivity index (χ1v) is 5.33. The molecule has 1 rings (SSSR count). The highest BCUT2D eigenvalue weighted by Gasteiger charge is 2.18. The van der Waals surface area contributed by atoms with Gasteiger partial charge in [0.2, 0.25) is 0 Å². The van der Waals surface area contributed by atoms with E-state index in [-0.39, 0.29) is 5.41 Å². The molecule has 0 fully saturated rings. The standard InChI is InChI=1S/C12H20N2O/c1-6-10-9(8-15-5)7-13-11(14-10)12(2,3)4/h7H,6,8H2,1-5H3. The summed E-state index contributed by atoms with van der Waals surface area (Å²) in [5.74, 6) is 0.902. The molecule has 0 N–H and O–H groups in total. The van der Waals surface area contributed by atoms with Gasteiger partial charge >= 0.3 is 0 Å². The minimum Gasteiger partial charge on any atom is -0.380 e. The Morgan fingerprint density at radius 1 is 1.33 bits per heavy atom. The fourth-order valence-corrected chi connectivity index (χ4v) is 1.39. The van der Waals surface area contributed by atoms with Gasteiger partial charge in [0.25, 0.3) is 0 Å². The summed E-state index contributed by atoms with van der Waals surface area (Å²) in [6.45, 7) is 9.06. The second kappa shape index (κ2) is 4.71. The highest BCUT2D eigenvalue weighted by atomic mass is 16.5. The van der Waals surface area contributed by atoms with Crippen molar-refractivity contribution in [2.75, 3.05) is 7.11 Å². The minimum atomic E-state index is 0.00945. The zero-order chi connectivity index (χ0) is 11.5. The Hall–Kier alpha value is -0.960. The molecule has 15 heavy (non-hydrogen) atoms. The van der Waals surface area contributed by atoms with Gasteiger partial charge in [-0.15, -0.1) is 0 Å². The molecule has 0 saturated carbocycles. The number of methoxy groups -OCH3 is 1.